The summed E-state index contributed by atoms with van der Waals surface area (Å²) in [6, 6.07) is 5.97. The Morgan fingerprint density at radius 3 is 2.70 bits per heavy atom. The molecule has 1 aromatic rings. The van der Waals surface area contributed by atoms with Gasteiger partial charge in [-0.2, -0.15) is 0 Å². The summed E-state index contributed by atoms with van der Waals surface area (Å²) in [7, 11) is 0. The van der Waals surface area contributed by atoms with Crippen molar-refractivity contribution in [3.05, 3.63) is 33.8 Å². The number of hydrogen-bond acceptors (Lipinski definition) is 3. The minimum atomic E-state index is -0.267. The van der Waals surface area contributed by atoms with Gasteiger partial charge in [0, 0.05) is 42.3 Å². The van der Waals surface area contributed by atoms with E-state index in [0.29, 0.717) is 22.6 Å². The molecule has 0 aromatic heterocycles. The summed E-state index contributed by atoms with van der Waals surface area (Å²) in [6.07, 6.45) is 3.72. The van der Waals surface area contributed by atoms with Crippen LogP contribution in [-0.4, -0.2) is 55.5 Å². The van der Waals surface area contributed by atoms with Crippen molar-refractivity contribution in [1.29, 1.82) is 0 Å². The van der Waals surface area contributed by atoms with E-state index in [1.165, 1.54) is 0 Å². The zero-order chi connectivity index (χ0) is 19.6. The molecule has 0 radical (unpaired) electrons. The highest BCUT2D eigenvalue weighted by molar-refractivity contribution is 6.35. The summed E-state index contributed by atoms with van der Waals surface area (Å²) >= 11 is 12.1. The molecule has 0 bridgehead atoms. The zero-order valence-electron chi connectivity index (χ0n) is 15.8. The van der Waals surface area contributed by atoms with E-state index in [1.807, 2.05) is 12.1 Å². The minimum Gasteiger partial charge on any atom is -0.369 e. The van der Waals surface area contributed by atoms with Crippen LogP contribution in [-0.2, 0) is 11.2 Å². The number of halogens is 2. The number of primary amides is 1. The Kier molecular flexibility index (Phi) is 9.18. The second-order valence-corrected chi connectivity index (χ2v) is 7.60. The van der Waals surface area contributed by atoms with E-state index in [2.05, 4.69) is 27.4 Å². The lowest BCUT2D eigenvalue weighted by atomic mass is 10.1. The number of likely N-dealkylation sites (tertiary alicyclic amines) is 1. The van der Waals surface area contributed by atoms with Gasteiger partial charge in [0.15, 0.2) is 5.96 Å². The first-order valence-corrected chi connectivity index (χ1v) is 10.2. The topological polar surface area (TPSA) is 82.8 Å². The van der Waals surface area contributed by atoms with Crippen LogP contribution in [0, 0.1) is 0 Å². The molecular formula is C19H29Cl2N5O. The largest absolute Gasteiger partial charge is 0.369 e. The Hall–Kier alpha value is -1.50. The fourth-order valence-corrected chi connectivity index (χ4v) is 3.66. The van der Waals surface area contributed by atoms with E-state index in [0.717, 1.165) is 63.4 Å². The van der Waals surface area contributed by atoms with Crippen molar-refractivity contribution < 1.29 is 4.79 Å². The standard InChI is InChI=1S/C19H29Cl2N5O/c1-2-23-19(25-16-7-10-26(11-8-16)13-18(22)27)24-9-3-4-14-5-6-15(20)12-17(14)21/h5-6,12,16H,2-4,7-11,13H2,1H3,(H2,22,27)(H2,23,24,25). The highest BCUT2D eigenvalue weighted by Gasteiger charge is 2.20. The molecule has 0 spiro atoms. The summed E-state index contributed by atoms with van der Waals surface area (Å²) in [5.74, 6) is 0.574. The molecule has 1 saturated heterocycles. The quantitative estimate of drug-likeness (QED) is 0.347. The van der Waals surface area contributed by atoms with Crippen LogP contribution in [0.3, 0.4) is 0 Å². The second-order valence-electron chi connectivity index (χ2n) is 6.76. The van der Waals surface area contributed by atoms with Crippen LogP contribution in [0.2, 0.25) is 10.0 Å². The maximum atomic E-state index is 11.0. The van der Waals surface area contributed by atoms with Gasteiger partial charge in [-0.25, -0.2) is 0 Å². The number of benzene rings is 1. The van der Waals surface area contributed by atoms with E-state index in [-0.39, 0.29) is 5.91 Å². The lowest BCUT2D eigenvalue weighted by Gasteiger charge is -2.32. The SMILES string of the molecule is CCNC(=NCCCc1ccc(Cl)cc1Cl)NC1CCN(CC(N)=O)CC1. The van der Waals surface area contributed by atoms with Gasteiger partial charge in [0.2, 0.25) is 5.91 Å². The van der Waals surface area contributed by atoms with Crippen LogP contribution in [0.5, 0.6) is 0 Å². The van der Waals surface area contributed by atoms with Crippen molar-refractivity contribution in [2.24, 2.45) is 10.7 Å². The number of nitrogens with one attached hydrogen (secondary N) is 2. The van der Waals surface area contributed by atoms with Crippen molar-refractivity contribution in [3.8, 4) is 0 Å². The predicted octanol–water partition coefficient (Wildman–Crippen LogP) is 2.43. The maximum Gasteiger partial charge on any atom is 0.231 e. The molecule has 1 fully saturated rings. The monoisotopic (exact) mass is 413 g/mol. The molecule has 0 saturated carbocycles. The molecule has 150 valence electrons. The van der Waals surface area contributed by atoms with Crippen molar-refractivity contribution in [2.45, 2.75) is 38.6 Å². The number of nitrogens with zero attached hydrogens (tertiary/aromatic N) is 2. The van der Waals surface area contributed by atoms with Gasteiger partial charge in [0.05, 0.1) is 6.54 Å². The van der Waals surface area contributed by atoms with E-state index in [9.17, 15) is 4.79 Å². The number of rotatable bonds is 8. The number of amides is 1. The molecule has 27 heavy (non-hydrogen) atoms. The van der Waals surface area contributed by atoms with Crippen LogP contribution < -0.4 is 16.4 Å². The van der Waals surface area contributed by atoms with E-state index in [1.54, 1.807) is 6.07 Å². The summed E-state index contributed by atoms with van der Waals surface area (Å²) in [4.78, 5) is 17.8. The predicted molar refractivity (Wildman–Crippen MR) is 113 cm³/mol. The molecule has 2 rings (SSSR count). The van der Waals surface area contributed by atoms with Crippen molar-refractivity contribution in [1.82, 2.24) is 15.5 Å². The Morgan fingerprint density at radius 2 is 2.07 bits per heavy atom. The molecule has 1 aromatic carbocycles. The average Bonchev–Trinajstić information content (AvgIpc) is 2.61. The zero-order valence-corrected chi connectivity index (χ0v) is 17.3. The highest BCUT2D eigenvalue weighted by Crippen LogP contribution is 2.22. The number of carbonyl (C=O) groups excluding carboxylic acids is 1. The maximum absolute atomic E-state index is 11.0. The molecule has 8 heteroatoms. The molecule has 6 nitrogen and oxygen atoms in total. The average molecular weight is 414 g/mol. The van der Waals surface area contributed by atoms with E-state index < -0.39 is 0 Å². The fraction of sp³-hybridized carbons (Fsp3) is 0.579. The number of hydrogen-bond donors (Lipinski definition) is 3. The molecule has 0 unspecified atom stereocenters. The molecular weight excluding hydrogens is 385 g/mol. The van der Waals surface area contributed by atoms with E-state index in [4.69, 9.17) is 28.9 Å². The molecule has 1 amide bonds. The van der Waals surface area contributed by atoms with Gasteiger partial charge in [0.25, 0.3) is 0 Å². The summed E-state index contributed by atoms with van der Waals surface area (Å²) in [5.41, 5.74) is 6.36. The number of guanidine groups is 1. The Bertz CT molecular complexity index is 645. The first-order valence-electron chi connectivity index (χ1n) is 9.47. The number of aryl methyl sites for hydroxylation is 1. The van der Waals surface area contributed by atoms with Gasteiger partial charge in [-0.05, 0) is 50.3 Å². The van der Waals surface area contributed by atoms with E-state index >= 15 is 0 Å². The van der Waals surface area contributed by atoms with Crippen molar-refractivity contribution >= 4 is 35.1 Å². The molecule has 0 atom stereocenters. The molecule has 4 N–H and O–H groups in total. The summed E-state index contributed by atoms with van der Waals surface area (Å²) in [5, 5.41) is 8.16. The third-order valence-electron chi connectivity index (χ3n) is 4.54. The lowest BCUT2D eigenvalue weighted by Crippen LogP contribution is -2.49. The number of aliphatic imine (C=N–C) groups is 1. The third kappa shape index (κ3) is 7.95. The first-order chi connectivity index (χ1) is 13.0. The number of carbonyl (C=O) groups is 1. The van der Waals surface area contributed by atoms with Gasteiger partial charge in [-0.3, -0.25) is 14.7 Å². The summed E-state index contributed by atoms with van der Waals surface area (Å²) < 4.78 is 0. The van der Waals surface area contributed by atoms with Crippen LogP contribution in [0.15, 0.2) is 23.2 Å². The van der Waals surface area contributed by atoms with Crippen LogP contribution >= 0.6 is 23.2 Å². The molecule has 0 aliphatic carbocycles. The summed E-state index contributed by atoms with van der Waals surface area (Å²) in [6.45, 7) is 5.67. The Labute approximate surface area is 171 Å². The van der Waals surface area contributed by atoms with Crippen molar-refractivity contribution in [2.75, 3.05) is 32.7 Å². The molecule has 1 aliphatic heterocycles. The smallest absolute Gasteiger partial charge is 0.231 e. The first kappa shape index (κ1) is 21.8. The van der Waals surface area contributed by atoms with Gasteiger partial charge in [0.1, 0.15) is 0 Å². The normalized spacial score (nSPS) is 16.3. The van der Waals surface area contributed by atoms with Gasteiger partial charge in [-0.15, -0.1) is 0 Å². The second kappa shape index (κ2) is 11.4. The third-order valence-corrected chi connectivity index (χ3v) is 5.13. The minimum absolute atomic E-state index is 0.267. The van der Waals surface area contributed by atoms with Gasteiger partial charge >= 0.3 is 0 Å². The van der Waals surface area contributed by atoms with Crippen LogP contribution in [0.1, 0.15) is 31.7 Å². The number of piperidine rings is 1. The van der Waals surface area contributed by atoms with Gasteiger partial charge in [-0.1, -0.05) is 29.3 Å². The fourth-order valence-electron chi connectivity index (χ4n) is 3.15. The molecule has 1 aliphatic rings. The van der Waals surface area contributed by atoms with Gasteiger partial charge < -0.3 is 16.4 Å². The highest BCUT2D eigenvalue weighted by atomic mass is 35.5. The Morgan fingerprint density at radius 1 is 1.33 bits per heavy atom. The number of nitrogens with two attached hydrogens (primary N) is 1. The Balaban J connectivity index is 1.77. The van der Waals surface area contributed by atoms with Crippen LogP contribution in [0.4, 0.5) is 0 Å². The van der Waals surface area contributed by atoms with Crippen molar-refractivity contribution in [3.63, 3.8) is 0 Å². The molecule has 1 heterocycles. The van der Waals surface area contributed by atoms with Crippen LogP contribution in [0.25, 0.3) is 0 Å². The lowest BCUT2D eigenvalue weighted by molar-refractivity contribution is -0.119.